The predicted octanol–water partition coefficient (Wildman–Crippen LogP) is 4.17. The van der Waals surface area contributed by atoms with Gasteiger partial charge in [0.15, 0.2) is 5.16 Å². The van der Waals surface area contributed by atoms with Gasteiger partial charge in [0.1, 0.15) is 11.9 Å². The summed E-state index contributed by atoms with van der Waals surface area (Å²) in [4.78, 5) is 7.68. The van der Waals surface area contributed by atoms with Crippen LogP contribution in [0.15, 0.2) is 41.6 Å². The molecule has 0 aliphatic carbocycles. The van der Waals surface area contributed by atoms with Crippen molar-refractivity contribution in [2.24, 2.45) is 0 Å². The molecule has 0 bridgehead atoms. The number of halogens is 1. The van der Waals surface area contributed by atoms with E-state index >= 15 is 0 Å². The Balaban J connectivity index is 1.82. The number of hydrogen-bond acceptors (Lipinski definition) is 3. The number of fused-ring (bicyclic) bond motifs is 1. The number of aromatic nitrogens is 2. The number of hydrogen-bond donors (Lipinski definition) is 1. The van der Waals surface area contributed by atoms with Crippen molar-refractivity contribution in [2.75, 3.05) is 0 Å². The van der Waals surface area contributed by atoms with E-state index in [9.17, 15) is 4.39 Å². The summed E-state index contributed by atoms with van der Waals surface area (Å²) < 4.78 is 14.0. The van der Waals surface area contributed by atoms with E-state index in [0.717, 1.165) is 21.8 Å². The molecule has 0 aliphatic heterocycles. The van der Waals surface area contributed by atoms with E-state index < -0.39 is 5.82 Å². The van der Waals surface area contributed by atoms with Crippen molar-refractivity contribution in [1.82, 2.24) is 9.97 Å². The molecule has 1 aromatic heterocycles. The van der Waals surface area contributed by atoms with Gasteiger partial charge >= 0.3 is 0 Å². The Morgan fingerprint density at radius 3 is 3.00 bits per heavy atom. The van der Waals surface area contributed by atoms with Crippen LogP contribution in [0, 0.1) is 24.1 Å². The number of rotatable bonds is 3. The van der Waals surface area contributed by atoms with Crippen LogP contribution < -0.4 is 0 Å². The third-order valence-electron chi connectivity index (χ3n) is 3.18. The highest BCUT2D eigenvalue weighted by atomic mass is 32.2. The zero-order valence-electron chi connectivity index (χ0n) is 11.4. The first kappa shape index (κ1) is 13.7. The summed E-state index contributed by atoms with van der Waals surface area (Å²) in [5.74, 6) is -0.0142. The first-order valence-corrected chi connectivity index (χ1v) is 7.42. The number of aryl methyl sites for hydroxylation is 1. The van der Waals surface area contributed by atoms with Gasteiger partial charge in [-0.3, -0.25) is 0 Å². The second kappa shape index (κ2) is 5.58. The average molecular weight is 297 g/mol. The monoisotopic (exact) mass is 297 g/mol. The fraction of sp³-hybridized carbons (Fsp3) is 0.125. The summed E-state index contributed by atoms with van der Waals surface area (Å²) in [5.41, 5.74) is 3.62. The van der Waals surface area contributed by atoms with Gasteiger partial charge in [0.2, 0.25) is 0 Å². The Labute approximate surface area is 125 Å². The van der Waals surface area contributed by atoms with Crippen LogP contribution in [0.2, 0.25) is 0 Å². The van der Waals surface area contributed by atoms with Gasteiger partial charge in [0.05, 0.1) is 16.6 Å². The van der Waals surface area contributed by atoms with Crippen molar-refractivity contribution in [1.29, 1.82) is 5.26 Å². The molecule has 2 aromatic carbocycles. The minimum atomic E-state index is -0.445. The molecule has 3 aromatic rings. The number of nitrogens with zero attached hydrogens (tertiary/aromatic N) is 2. The molecule has 3 rings (SSSR count). The number of H-pyrrole nitrogens is 1. The summed E-state index contributed by atoms with van der Waals surface area (Å²) in [7, 11) is 0. The maximum absolute atomic E-state index is 14.0. The van der Waals surface area contributed by atoms with Gasteiger partial charge in [-0.05, 0) is 36.2 Å². The van der Waals surface area contributed by atoms with Crippen molar-refractivity contribution in [3.05, 3.63) is 58.9 Å². The second-order valence-electron chi connectivity index (χ2n) is 4.74. The van der Waals surface area contributed by atoms with Crippen LogP contribution in [0.1, 0.15) is 16.7 Å². The molecule has 0 saturated carbocycles. The van der Waals surface area contributed by atoms with Crippen molar-refractivity contribution < 1.29 is 4.39 Å². The zero-order valence-corrected chi connectivity index (χ0v) is 12.2. The third kappa shape index (κ3) is 2.76. The molecule has 0 spiro atoms. The number of aromatic amines is 1. The topological polar surface area (TPSA) is 52.5 Å². The fourth-order valence-corrected chi connectivity index (χ4v) is 2.95. The van der Waals surface area contributed by atoms with Crippen molar-refractivity contribution >= 4 is 22.8 Å². The summed E-state index contributed by atoms with van der Waals surface area (Å²) in [6.45, 7) is 2.02. The van der Waals surface area contributed by atoms with E-state index in [1.807, 2.05) is 31.2 Å². The minimum Gasteiger partial charge on any atom is -0.333 e. The number of benzene rings is 2. The lowest BCUT2D eigenvalue weighted by atomic mass is 10.1. The van der Waals surface area contributed by atoms with Gasteiger partial charge in [0.25, 0.3) is 0 Å². The molecule has 21 heavy (non-hydrogen) atoms. The molecule has 1 heterocycles. The smallest absolute Gasteiger partial charge is 0.166 e. The van der Waals surface area contributed by atoms with Crippen molar-refractivity contribution in [3.63, 3.8) is 0 Å². The number of imidazole rings is 1. The molecule has 3 nitrogen and oxygen atoms in total. The maximum atomic E-state index is 14.0. The molecule has 0 atom stereocenters. The lowest BCUT2D eigenvalue weighted by molar-refractivity contribution is 0.613. The first-order valence-electron chi connectivity index (χ1n) is 6.44. The SMILES string of the molecule is Cc1ccc2nc(SCc3cccc(C#N)c3F)[nH]c2c1. The predicted molar refractivity (Wildman–Crippen MR) is 81.5 cm³/mol. The number of nitrogens with one attached hydrogen (secondary N) is 1. The van der Waals surface area contributed by atoms with Gasteiger partial charge in [-0.2, -0.15) is 5.26 Å². The summed E-state index contributed by atoms with van der Waals surface area (Å²) >= 11 is 1.42. The minimum absolute atomic E-state index is 0.0772. The van der Waals surface area contributed by atoms with E-state index in [2.05, 4.69) is 9.97 Å². The van der Waals surface area contributed by atoms with Crippen LogP contribution in [-0.4, -0.2) is 9.97 Å². The van der Waals surface area contributed by atoms with Crippen LogP contribution in [0.25, 0.3) is 11.0 Å². The summed E-state index contributed by atoms with van der Waals surface area (Å²) in [6, 6.07) is 12.7. The Kier molecular flexibility index (Phi) is 3.63. The normalized spacial score (nSPS) is 10.7. The molecule has 1 N–H and O–H groups in total. The first-order chi connectivity index (χ1) is 10.2. The molecule has 0 amide bonds. The average Bonchev–Trinajstić information content (AvgIpc) is 2.88. The van der Waals surface area contributed by atoms with Gasteiger partial charge in [-0.15, -0.1) is 0 Å². The molecule has 0 unspecified atom stereocenters. The van der Waals surface area contributed by atoms with Crippen LogP contribution >= 0.6 is 11.8 Å². The molecule has 0 radical (unpaired) electrons. The zero-order chi connectivity index (χ0) is 14.8. The lowest BCUT2D eigenvalue weighted by Crippen LogP contribution is -1.92. The van der Waals surface area contributed by atoms with Gasteiger partial charge in [0, 0.05) is 5.75 Å². The lowest BCUT2D eigenvalue weighted by Gasteiger charge is -2.02. The van der Waals surface area contributed by atoms with E-state index in [0.29, 0.717) is 11.3 Å². The van der Waals surface area contributed by atoms with Gasteiger partial charge < -0.3 is 4.98 Å². The van der Waals surface area contributed by atoms with Crippen LogP contribution in [0.3, 0.4) is 0 Å². The fourth-order valence-electron chi connectivity index (χ4n) is 2.09. The maximum Gasteiger partial charge on any atom is 0.166 e. The Bertz CT molecular complexity index is 848. The quantitative estimate of drug-likeness (QED) is 0.738. The van der Waals surface area contributed by atoms with E-state index in [1.165, 1.54) is 17.8 Å². The van der Waals surface area contributed by atoms with E-state index in [-0.39, 0.29) is 5.56 Å². The Hall–Kier alpha value is -2.32. The molecule has 0 aliphatic rings. The highest BCUT2D eigenvalue weighted by molar-refractivity contribution is 7.98. The van der Waals surface area contributed by atoms with E-state index in [1.54, 1.807) is 12.1 Å². The van der Waals surface area contributed by atoms with Crippen molar-refractivity contribution in [2.45, 2.75) is 17.8 Å². The van der Waals surface area contributed by atoms with Crippen LogP contribution in [-0.2, 0) is 5.75 Å². The van der Waals surface area contributed by atoms with Crippen LogP contribution in [0.4, 0.5) is 4.39 Å². The molecule has 0 saturated heterocycles. The largest absolute Gasteiger partial charge is 0.333 e. The molecular formula is C16H12FN3S. The molecular weight excluding hydrogens is 285 g/mol. The Morgan fingerprint density at radius 1 is 1.33 bits per heavy atom. The van der Waals surface area contributed by atoms with Crippen LogP contribution in [0.5, 0.6) is 0 Å². The highest BCUT2D eigenvalue weighted by Gasteiger charge is 2.09. The highest BCUT2D eigenvalue weighted by Crippen LogP contribution is 2.25. The Morgan fingerprint density at radius 2 is 2.19 bits per heavy atom. The molecule has 0 fully saturated rings. The number of thioether (sulfide) groups is 1. The standard InChI is InChI=1S/C16H12FN3S/c1-10-5-6-13-14(7-10)20-16(19-13)21-9-12-4-2-3-11(8-18)15(12)17/h2-7H,9H2,1H3,(H,19,20). The molecule has 5 heteroatoms. The summed E-state index contributed by atoms with van der Waals surface area (Å²) in [6.07, 6.45) is 0. The van der Waals surface area contributed by atoms with E-state index in [4.69, 9.17) is 5.26 Å². The third-order valence-corrected chi connectivity index (χ3v) is 4.10. The summed E-state index contributed by atoms with van der Waals surface area (Å²) in [5, 5.41) is 9.58. The number of nitriles is 1. The van der Waals surface area contributed by atoms with Gasteiger partial charge in [-0.25, -0.2) is 9.37 Å². The van der Waals surface area contributed by atoms with Gasteiger partial charge in [-0.1, -0.05) is 30.0 Å². The second-order valence-corrected chi connectivity index (χ2v) is 5.71. The molecule has 104 valence electrons. The van der Waals surface area contributed by atoms with Crippen molar-refractivity contribution in [3.8, 4) is 6.07 Å².